The maximum absolute atomic E-state index is 10.7. The molecule has 0 radical (unpaired) electrons. The number of aromatic nitrogens is 1. The second kappa shape index (κ2) is 4.70. The van der Waals surface area contributed by atoms with Crippen molar-refractivity contribution in [2.24, 2.45) is 0 Å². The molecule has 1 heterocycles. The molecule has 76 valence electrons. The summed E-state index contributed by atoms with van der Waals surface area (Å²) in [6, 6.07) is 7.14. The molecular formula is C11H9NO2S. The van der Waals surface area contributed by atoms with Gasteiger partial charge in [-0.05, 0) is 12.1 Å². The van der Waals surface area contributed by atoms with E-state index < -0.39 is 0 Å². The van der Waals surface area contributed by atoms with Crippen LogP contribution in [0.15, 0.2) is 35.8 Å². The molecule has 0 atom stereocenters. The van der Waals surface area contributed by atoms with Gasteiger partial charge in [0.25, 0.3) is 0 Å². The predicted octanol–water partition coefficient (Wildman–Crippen LogP) is 2.53. The summed E-state index contributed by atoms with van der Waals surface area (Å²) in [5, 5.41) is 2.79. The maximum atomic E-state index is 10.7. The standard InChI is InChI=1S/C11H9NO2S/c13-7-9-3-1-2-4-10(9)14-8-11-12-5-6-15-11/h1-7H,8H2. The van der Waals surface area contributed by atoms with Crippen LogP contribution in [0.5, 0.6) is 5.75 Å². The first-order valence-corrected chi connectivity index (χ1v) is 5.33. The van der Waals surface area contributed by atoms with Crippen LogP contribution in [0, 0.1) is 0 Å². The van der Waals surface area contributed by atoms with Gasteiger partial charge in [0.1, 0.15) is 17.4 Å². The fourth-order valence-corrected chi connectivity index (χ4v) is 1.70. The van der Waals surface area contributed by atoms with Crippen molar-refractivity contribution in [3.63, 3.8) is 0 Å². The number of carbonyl (C=O) groups is 1. The Hall–Kier alpha value is -1.68. The molecule has 2 aromatic rings. The minimum absolute atomic E-state index is 0.405. The van der Waals surface area contributed by atoms with Crippen LogP contribution in [0.2, 0.25) is 0 Å². The predicted molar refractivity (Wildman–Crippen MR) is 58.3 cm³/mol. The number of hydrogen-bond acceptors (Lipinski definition) is 4. The molecule has 0 fully saturated rings. The number of thiazole rings is 1. The van der Waals surface area contributed by atoms with Crippen molar-refractivity contribution in [1.29, 1.82) is 0 Å². The number of rotatable bonds is 4. The number of para-hydroxylation sites is 1. The molecule has 1 aromatic carbocycles. The Kier molecular flexibility index (Phi) is 3.09. The topological polar surface area (TPSA) is 39.2 Å². The zero-order valence-electron chi connectivity index (χ0n) is 7.92. The molecule has 0 spiro atoms. The molecule has 0 saturated carbocycles. The third kappa shape index (κ3) is 2.41. The zero-order valence-corrected chi connectivity index (χ0v) is 8.74. The molecular weight excluding hydrogens is 210 g/mol. The van der Waals surface area contributed by atoms with Crippen molar-refractivity contribution >= 4 is 17.6 Å². The van der Waals surface area contributed by atoms with Crippen molar-refractivity contribution in [3.8, 4) is 5.75 Å². The highest BCUT2D eigenvalue weighted by atomic mass is 32.1. The minimum atomic E-state index is 0.405. The third-order valence-corrected chi connectivity index (χ3v) is 2.63. The van der Waals surface area contributed by atoms with Crippen molar-refractivity contribution < 1.29 is 9.53 Å². The summed E-state index contributed by atoms with van der Waals surface area (Å²) >= 11 is 1.53. The van der Waals surface area contributed by atoms with Crippen LogP contribution >= 0.6 is 11.3 Å². The molecule has 0 saturated heterocycles. The highest BCUT2D eigenvalue weighted by Crippen LogP contribution is 2.17. The lowest BCUT2D eigenvalue weighted by molar-refractivity contribution is 0.111. The first kappa shape index (κ1) is 9.86. The summed E-state index contributed by atoms with van der Waals surface area (Å²) in [7, 11) is 0. The minimum Gasteiger partial charge on any atom is -0.486 e. The molecule has 0 aliphatic rings. The normalized spacial score (nSPS) is 9.87. The Morgan fingerprint density at radius 1 is 1.40 bits per heavy atom. The van der Waals surface area contributed by atoms with Gasteiger partial charge in [-0.1, -0.05) is 12.1 Å². The Morgan fingerprint density at radius 2 is 2.27 bits per heavy atom. The Morgan fingerprint density at radius 3 is 3.00 bits per heavy atom. The summed E-state index contributed by atoms with van der Waals surface area (Å²) in [6.07, 6.45) is 2.52. The second-order valence-electron chi connectivity index (χ2n) is 2.87. The van der Waals surface area contributed by atoms with E-state index in [9.17, 15) is 4.79 Å². The van der Waals surface area contributed by atoms with Crippen LogP contribution < -0.4 is 4.74 Å². The fraction of sp³-hybridized carbons (Fsp3) is 0.0909. The van der Waals surface area contributed by atoms with E-state index in [0.29, 0.717) is 17.9 Å². The molecule has 15 heavy (non-hydrogen) atoms. The molecule has 0 bridgehead atoms. The van der Waals surface area contributed by atoms with Crippen LogP contribution in [-0.4, -0.2) is 11.3 Å². The van der Waals surface area contributed by atoms with Gasteiger partial charge in [-0.2, -0.15) is 0 Å². The third-order valence-electron chi connectivity index (χ3n) is 1.88. The largest absolute Gasteiger partial charge is 0.486 e. The summed E-state index contributed by atoms with van der Waals surface area (Å²) in [4.78, 5) is 14.8. The molecule has 0 amide bonds. The number of benzene rings is 1. The average Bonchev–Trinajstić information content (AvgIpc) is 2.79. The van der Waals surface area contributed by atoms with E-state index in [4.69, 9.17) is 4.74 Å². The Bertz CT molecular complexity index is 440. The number of aldehydes is 1. The van der Waals surface area contributed by atoms with Crippen molar-refractivity contribution in [3.05, 3.63) is 46.4 Å². The molecule has 0 unspecified atom stereocenters. The van der Waals surface area contributed by atoms with E-state index in [-0.39, 0.29) is 0 Å². The highest BCUT2D eigenvalue weighted by molar-refractivity contribution is 7.09. The van der Waals surface area contributed by atoms with E-state index in [1.54, 1.807) is 24.4 Å². The van der Waals surface area contributed by atoms with Gasteiger partial charge in [0, 0.05) is 11.6 Å². The van der Waals surface area contributed by atoms with Crippen LogP contribution in [-0.2, 0) is 6.61 Å². The zero-order chi connectivity index (χ0) is 10.5. The molecule has 0 aliphatic carbocycles. The first-order valence-electron chi connectivity index (χ1n) is 4.45. The van der Waals surface area contributed by atoms with Crippen LogP contribution in [0.4, 0.5) is 0 Å². The fourth-order valence-electron chi connectivity index (χ4n) is 1.17. The van der Waals surface area contributed by atoms with Gasteiger partial charge in [-0.3, -0.25) is 4.79 Å². The quantitative estimate of drug-likeness (QED) is 0.742. The summed E-state index contributed by atoms with van der Waals surface area (Å²) < 4.78 is 5.49. The van der Waals surface area contributed by atoms with Gasteiger partial charge >= 0.3 is 0 Å². The lowest BCUT2D eigenvalue weighted by Gasteiger charge is -2.05. The van der Waals surface area contributed by atoms with Gasteiger partial charge in [0.15, 0.2) is 6.29 Å². The molecule has 0 N–H and O–H groups in total. The summed E-state index contributed by atoms with van der Waals surface area (Å²) in [5.74, 6) is 0.600. The van der Waals surface area contributed by atoms with Gasteiger partial charge in [-0.25, -0.2) is 4.98 Å². The second-order valence-corrected chi connectivity index (χ2v) is 3.85. The Labute approximate surface area is 91.4 Å². The molecule has 1 aromatic heterocycles. The van der Waals surface area contributed by atoms with Crippen molar-refractivity contribution in [2.75, 3.05) is 0 Å². The van der Waals surface area contributed by atoms with E-state index in [1.165, 1.54) is 11.3 Å². The Balaban J connectivity index is 2.07. The lowest BCUT2D eigenvalue weighted by atomic mass is 10.2. The van der Waals surface area contributed by atoms with Crippen molar-refractivity contribution in [1.82, 2.24) is 4.98 Å². The van der Waals surface area contributed by atoms with Gasteiger partial charge in [0.05, 0.1) is 5.56 Å². The first-order chi connectivity index (χ1) is 7.40. The number of nitrogens with zero attached hydrogens (tertiary/aromatic N) is 1. The van der Waals surface area contributed by atoms with E-state index in [0.717, 1.165) is 11.3 Å². The average molecular weight is 219 g/mol. The lowest BCUT2D eigenvalue weighted by Crippen LogP contribution is -1.97. The molecule has 2 rings (SSSR count). The van der Waals surface area contributed by atoms with Crippen molar-refractivity contribution in [2.45, 2.75) is 6.61 Å². The van der Waals surface area contributed by atoms with Crippen LogP contribution in [0.3, 0.4) is 0 Å². The highest BCUT2D eigenvalue weighted by Gasteiger charge is 2.02. The van der Waals surface area contributed by atoms with E-state index in [2.05, 4.69) is 4.98 Å². The number of carbonyl (C=O) groups excluding carboxylic acids is 1. The van der Waals surface area contributed by atoms with Crippen LogP contribution in [0.25, 0.3) is 0 Å². The van der Waals surface area contributed by atoms with Gasteiger partial charge in [0.2, 0.25) is 0 Å². The van der Waals surface area contributed by atoms with E-state index >= 15 is 0 Å². The van der Waals surface area contributed by atoms with E-state index in [1.807, 2.05) is 11.4 Å². The van der Waals surface area contributed by atoms with Crippen LogP contribution in [0.1, 0.15) is 15.4 Å². The number of ether oxygens (including phenoxy) is 1. The SMILES string of the molecule is O=Cc1ccccc1OCc1nccs1. The van der Waals surface area contributed by atoms with Gasteiger partial charge < -0.3 is 4.74 Å². The molecule has 4 heteroatoms. The maximum Gasteiger partial charge on any atom is 0.153 e. The smallest absolute Gasteiger partial charge is 0.153 e. The summed E-state index contributed by atoms with van der Waals surface area (Å²) in [6.45, 7) is 0.405. The molecule has 3 nitrogen and oxygen atoms in total. The number of hydrogen-bond donors (Lipinski definition) is 0. The monoisotopic (exact) mass is 219 g/mol. The molecule has 0 aliphatic heterocycles. The summed E-state index contributed by atoms with van der Waals surface area (Å²) in [5.41, 5.74) is 0.564. The van der Waals surface area contributed by atoms with Gasteiger partial charge in [-0.15, -0.1) is 11.3 Å².